The van der Waals surface area contributed by atoms with Crippen molar-refractivity contribution in [1.29, 1.82) is 0 Å². The van der Waals surface area contributed by atoms with Gasteiger partial charge in [0.1, 0.15) is 5.82 Å². The topological polar surface area (TPSA) is 12.0 Å². The second-order valence-electron chi connectivity index (χ2n) is 4.93. The number of hydrogen-bond acceptors (Lipinski definition) is 1. The predicted octanol–water partition coefficient (Wildman–Crippen LogP) is 3.39. The lowest BCUT2D eigenvalue weighted by molar-refractivity contribution is 0.382. The third-order valence-corrected chi connectivity index (χ3v) is 2.98. The van der Waals surface area contributed by atoms with E-state index < -0.39 is 0 Å². The Kier molecular flexibility index (Phi) is 4.94. The average molecular weight is 223 g/mol. The summed E-state index contributed by atoms with van der Waals surface area (Å²) < 4.78 is 13.0. The Morgan fingerprint density at radius 3 is 2.44 bits per heavy atom. The summed E-state index contributed by atoms with van der Waals surface area (Å²) in [5.74, 6) is 0.469. The molecule has 2 heteroatoms. The Morgan fingerprint density at radius 2 is 1.88 bits per heavy atom. The Bertz CT molecular complexity index is 322. The molecule has 0 heterocycles. The first-order valence-corrected chi connectivity index (χ1v) is 5.99. The number of benzene rings is 1. The molecule has 1 rings (SSSR count). The molecule has 0 radical (unpaired) electrons. The lowest BCUT2D eigenvalue weighted by atomic mass is 10.0. The number of rotatable bonds is 5. The van der Waals surface area contributed by atoms with Crippen LogP contribution in [0.25, 0.3) is 0 Å². The molecule has 0 saturated heterocycles. The van der Waals surface area contributed by atoms with Crippen LogP contribution in [0.2, 0.25) is 0 Å². The van der Waals surface area contributed by atoms with Crippen LogP contribution in [0.1, 0.15) is 33.3 Å². The summed E-state index contributed by atoms with van der Waals surface area (Å²) in [7, 11) is 0. The van der Waals surface area contributed by atoms with Gasteiger partial charge in [-0.15, -0.1) is 0 Å². The van der Waals surface area contributed by atoms with Crippen molar-refractivity contribution >= 4 is 0 Å². The van der Waals surface area contributed by atoms with Crippen LogP contribution in [-0.2, 0) is 6.42 Å². The molecule has 2 unspecified atom stereocenters. The van der Waals surface area contributed by atoms with E-state index in [2.05, 4.69) is 33.0 Å². The minimum atomic E-state index is -0.151. The quantitative estimate of drug-likeness (QED) is 0.806. The largest absolute Gasteiger partial charge is 0.311 e. The smallest absolute Gasteiger partial charge is 0.123 e. The molecule has 0 spiro atoms. The van der Waals surface area contributed by atoms with Gasteiger partial charge in [-0.25, -0.2) is 4.39 Å². The first-order chi connectivity index (χ1) is 7.49. The second-order valence-corrected chi connectivity index (χ2v) is 4.93. The highest BCUT2D eigenvalue weighted by Crippen LogP contribution is 2.08. The molecule has 0 aliphatic carbocycles. The maximum atomic E-state index is 13.0. The number of halogens is 1. The third-order valence-electron chi connectivity index (χ3n) is 2.98. The summed E-state index contributed by atoms with van der Waals surface area (Å²) in [6.45, 7) is 8.73. The lowest BCUT2D eigenvalue weighted by Crippen LogP contribution is -2.38. The van der Waals surface area contributed by atoms with Crippen molar-refractivity contribution in [3.8, 4) is 0 Å². The minimum Gasteiger partial charge on any atom is -0.311 e. The standard InChI is InChI=1S/C14H22FN/c1-10(2)12(4)16-11(3)8-13-6-5-7-14(15)9-13/h5-7,9-12,16H,8H2,1-4H3. The van der Waals surface area contributed by atoms with Gasteiger partial charge in [0.05, 0.1) is 0 Å². The molecule has 0 aliphatic rings. The van der Waals surface area contributed by atoms with Crippen molar-refractivity contribution in [3.63, 3.8) is 0 Å². The van der Waals surface area contributed by atoms with Crippen LogP contribution >= 0.6 is 0 Å². The molecule has 0 amide bonds. The van der Waals surface area contributed by atoms with E-state index in [0.29, 0.717) is 18.0 Å². The molecule has 1 aromatic carbocycles. The zero-order valence-electron chi connectivity index (χ0n) is 10.6. The Balaban J connectivity index is 2.48. The van der Waals surface area contributed by atoms with E-state index >= 15 is 0 Å². The molecule has 1 N–H and O–H groups in total. The average Bonchev–Trinajstić information content (AvgIpc) is 2.16. The summed E-state index contributed by atoms with van der Waals surface area (Å²) in [5, 5.41) is 3.52. The van der Waals surface area contributed by atoms with Gasteiger partial charge in [0.25, 0.3) is 0 Å². The molecular formula is C14H22FN. The molecule has 0 aromatic heterocycles. The van der Waals surface area contributed by atoms with Gasteiger partial charge >= 0.3 is 0 Å². The number of nitrogens with one attached hydrogen (secondary N) is 1. The van der Waals surface area contributed by atoms with E-state index in [4.69, 9.17) is 0 Å². The molecule has 0 saturated carbocycles. The Labute approximate surface area is 98.1 Å². The molecule has 0 bridgehead atoms. The van der Waals surface area contributed by atoms with Gasteiger partial charge in [-0.2, -0.15) is 0 Å². The fraction of sp³-hybridized carbons (Fsp3) is 0.571. The van der Waals surface area contributed by atoms with Crippen molar-refractivity contribution in [2.45, 2.75) is 46.2 Å². The van der Waals surface area contributed by atoms with Crippen molar-refractivity contribution in [3.05, 3.63) is 35.6 Å². The first kappa shape index (κ1) is 13.2. The fourth-order valence-corrected chi connectivity index (χ4v) is 1.72. The number of hydrogen-bond donors (Lipinski definition) is 1. The molecule has 16 heavy (non-hydrogen) atoms. The normalized spacial score (nSPS) is 15.1. The Morgan fingerprint density at radius 1 is 1.19 bits per heavy atom. The summed E-state index contributed by atoms with van der Waals surface area (Å²) in [4.78, 5) is 0. The maximum absolute atomic E-state index is 13.0. The van der Waals surface area contributed by atoms with E-state index in [9.17, 15) is 4.39 Å². The summed E-state index contributed by atoms with van der Waals surface area (Å²) in [6, 6.07) is 7.70. The van der Waals surface area contributed by atoms with Crippen LogP contribution in [0.4, 0.5) is 4.39 Å². The monoisotopic (exact) mass is 223 g/mol. The fourth-order valence-electron chi connectivity index (χ4n) is 1.72. The summed E-state index contributed by atoms with van der Waals surface area (Å²) in [6.07, 6.45) is 0.870. The SMILES string of the molecule is CC(Cc1cccc(F)c1)NC(C)C(C)C. The zero-order chi connectivity index (χ0) is 12.1. The molecule has 0 aliphatic heterocycles. The van der Waals surface area contributed by atoms with Gasteiger partial charge in [0.2, 0.25) is 0 Å². The highest BCUT2D eigenvalue weighted by Gasteiger charge is 2.11. The predicted molar refractivity (Wildman–Crippen MR) is 67.0 cm³/mol. The van der Waals surface area contributed by atoms with E-state index in [1.165, 1.54) is 6.07 Å². The van der Waals surface area contributed by atoms with Crippen molar-refractivity contribution in [2.75, 3.05) is 0 Å². The lowest BCUT2D eigenvalue weighted by Gasteiger charge is -2.23. The zero-order valence-corrected chi connectivity index (χ0v) is 10.6. The molecule has 1 aromatic rings. The van der Waals surface area contributed by atoms with Gasteiger partial charge in [0.15, 0.2) is 0 Å². The molecule has 2 atom stereocenters. The van der Waals surface area contributed by atoms with Crippen molar-refractivity contribution < 1.29 is 4.39 Å². The molecular weight excluding hydrogens is 201 g/mol. The minimum absolute atomic E-state index is 0.151. The van der Waals surface area contributed by atoms with Gasteiger partial charge in [-0.05, 0) is 43.9 Å². The van der Waals surface area contributed by atoms with Crippen LogP contribution in [0, 0.1) is 11.7 Å². The first-order valence-electron chi connectivity index (χ1n) is 5.99. The van der Waals surface area contributed by atoms with Gasteiger partial charge < -0.3 is 5.32 Å². The van der Waals surface area contributed by atoms with E-state index in [1.807, 2.05) is 6.07 Å². The maximum Gasteiger partial charge on any atom is 0.123 e. The summed E-state index contributed by atoms with van der Waals surface area (Å²) >= 11 is 0. The molecule has 1 nitrogen and oxygen atoms in total. The highest BCUT2D eigenvalue weighted by atomic mass is 19.1. The highest BCUT2D eigenvalue weighted by molar-refractivity contribution is 5.17. The van der Waals surface area contributed by atoms with Crippen LogP contribution in [0.5, 0.6) is 0 Å². The van der Waals surface area contributed by atoms with Crippen LogP contribution < -0.4 is 5.32 Å². The van der Waals surface area contributed by atoms with E-state index in [1.54, 1.807) is 12.1 Å². The van der Waals surface area contributed by atoms with Crippen molar-refractivity contribution in [2.24, 2.45) is 5.92 Å². The second kappa shape index (κ2) is 6.00. The van der Waals surface area contributed by atoms with E-state index in [-0.39, 0.29) is 5.82 Å². The van der Waals surface area contributed by atoms with Crippen LogP contribution in [-0.4, -0.2) is 12.1 Å². The van der Waals surface area contributed by atoms with E-state index in [0.717, 1.165) is 12.0 Å². The molecule has 90 valence electrons. The molecule has 0 fully saturated rings. The van der Waals surface area contributed by atoms with Crippen LogP contribution in [0.3, 0.4) is 0 Å². The van der Waals surface area contributed by atoms with Gasteiger partial charge in [0, 0.05) is 12.1 Å². The van der Waals surface area contributed by atoms with Gasteiger partial charge in [-0.3, -0.25) is 0 Å². The van der Waals surface area contributed by atoms with Gasteiger partial charge in [-0.1, -0.05) is 26.0 Å². The summed E-state index contributed by atoms with van der Waals surface area (Å²) in [5.41, 5.74) is 1.05. The van der Waals surface area contributed by atoms with Crippen molar-refractivity contribution in [1.82, 2.24) is 5.32 Å². The Hall–Kier alpha value is -0.890. The van der Waals surface area contributed by atoms with Crippen LogP contribution in [0.15, 0.2) is 24.3 Å². The third kappa shape index (κ3) is 4.31.